The van der Waals surface area contributed by atoms with Crippen molar-refractivity contribution in [1.29, 1.82) is 0 Å². The highest BCUT2D eigenvalue weighted by molar-refractivity contribution is 7.90. The molecular formula is C20H27N3O4S. The summed E-state index contributed by atoms with van der Waals surface area (Å²) in [6, 6.07) is 7.30. The van der Waals surface area contributed by atoms with E-state index in [-0.39, 0.29) is 17.9 Å². The van der Waals surface area contributed by atoms with E-state index < -0.39 is 14.8 Å². The van der Waals surface area contributed by atoms with E-state index in [9.17, 15) is 13.2 Å². The normalized spacial score (nSPS) is 20.7. The van der Waals surface area contributed by atoms with Gasteiger partial charge in [0.05, 0.1) is 10.9 Å². The van der Waals surface area contributed by atoms with Crippen LogP contribution in [0.4, 0.5) is 5.69 Å². The fourth-order valence-electron chi connectivity index (χ4n) is 3.19. The average Bonchev–Trinajstić information content (AvgIpc) is 3.16. The van der Waals surface area contributed by atoms with Crippen molar-refractivity contribution >= 4 is 21.6 Å². The molecule has 28 heavy (non-hydrogen) atoms. The molecule has 1 aliphatic carbocycles. The first kappa shape index (κ1) is 20.5. The van der Waals surface area contributed by atoms with Gasteiger partial charge in [0.15, 0.2) is 12.2 Å². The molecule has 1 aliphatic rings. The molecule has 0 spiro atoms. The molecule has 8 heteroatoms. The Morgan fingerprint density at radius 1 is 1.11 bits per heavy atom. The largest absolute Gasteiger partial charge is 0.444 e. The van der Waals surface area contributed by atoms with Crippen molar-refractivity contribution in [3.63, 3.8) is 0 Å². The van der Waals surface area contributed by atoms with Gasteiger partial charge in [-0.1, -0.05) is 0 Å². The Morgan fingerprint density at radius 3 is 2.29 bits per heavy atom. The van der Waals surface area contributed by atoms with Crippen molar-refractivity contribution in [1.82, 2.24) is 9.71 Å². The molecule has 0 radical (unpaired) electrons. The fourth-order valence-corrected chi connectivity index (χ4v) is 4.22. The number of anilines is 1. The molecule has 3 rings (SSSR count). The van der Waals surface area contributed by atoms with Gasteiger partial charge in [0.25, 0.3) is 0 Å². The molecule has 7 nitrogen and oxygen atoms in total. The number of oxazole rings is 1. The number of aromatic nitrogens is 1. The van der Waals surface area contributed by atoms with Gasteiger partial charge in [0.2, 0.25) is 15.9 Å². The number of sulfonamides is 1. The first-order chi connectivity index (χ1) is 13.2. The Kier molecular flexibility index (Phi) is 5.90. The number of rotatable bonds is 5. The summed E-state index contributed by atoms with van der Waals surface area (Å²) in [5, 5.41) is 2.95. The molecule has 0 bridgehead atoms. The SMILES string of the molecule is CC(C)(C)S(=O)(=O)NC1CCC(C(=O)Nc2ccc(-c3cnco3)cc2)CC1. The first-order valence-corrected chi connectivity index (χ1v) is 11.0. The van der Waals surface area contributed by atoms with Crippen LogP contribution in [0.2, 0.25) is 0 Å². The molecule has 1 amide bonds. The average molecular weight is 406 g/mol. The van der Waals surface area contributed by atoms with E-state index in [0.717, 1.165) is 11.3 Å². The Labute approximate surface area is 166 Å². The second-order valence-electron chi connectivity index (χ2n) is 8.21. The van der Waals surface area contributed by atoms with Gasteiger partial charge in [-0.3, -0.25) is 4.79 Å². The molecule has 152 valence electrons. The molecule has 0 atom stereocenters. The lowest BCUT2D eigenvalue weighted by molar-refractivity contribution is -0.120. The summed E-state index contributed by atoms with van der Waals surface area (Å²) >= 11 is 0. The summed E-state index contributed by atoms with van der Waals surface area (Å²) in [6.07, 6.45) is 5.68. The number of carbonyl (C=O) groups excluding carboxylic acids is 1. The Balaban J connectivity index is 1.51. The summed E-state index contributed by atoms with van der Waals surface area (Å²) < 4.78 is 31.8. The lowest BCUT2D eigenvalue weighted by atomic mass is 9.86. The molecule has 0 saturated heterocycles. The third-order valence-corrected chi connectivity index (χ3v) is 7.35. The number of amides is 1. The van der Waals surface area contributed by atoms with Crippen molar-refractivity contribution in [2.75, 3.05) is 5.32 Å². The highest BCUT2D eigenvalue weighted by atomic mass is 32.2. The number of benzene rings is 1. The molecule has 2 aromatic rings. The van der Waals surface area contributed by atoms with Crippen molar-refractivity contribution in [2.24, 2.45) is 5.92 Å². The number of nitrogens with one attached hydrogen (secondary N) is 2. The molecule has 0 aliphatic heterocycles. The third kappa shape index (κ3) is 4.80. The van der Waals surface area contributed by atoms with Crippen molar-refractivity contribution in [2.45, 2.75) is 57.2 Å². The highest BCUT2D eigenvalue weighted by Gasteiger charge is 2.34. The quantitative estimate of drug-likeness (QED) is 0.792. The number of nitrogens with zero attached hydrogens (tertiary/aromatic N) is 1. The zero-order valence-corrected chi connectivity index (χ0v) is 17.3. The van der Waals surface area contributed by atoms with Crippen LogP contribution in [0.5, 0.6) is 0 Å². The van der Waals surface area contributed by atoms with Gasteiger partial charge in [0, 0.05) is 23.2 Å². The van der Waals surface area contributed by atoms with Crippen LogP contribution in [0.15, 0.2) is 41.3 Å². The Hall–Kier alpha value is -2.19. The molecule has 2 N–H and O–H groups in total. The highest BCUT2D eigenvalue weighted by Crippen LogP contribution is 2.28. The summed E-state index contributed by atoms with van der Waals surface area (Å²) in [5.74, 6) is 0.544. The van der Waals surface area contributed by atoms with Crippen LogP contribution in [0.1, 0.15) is 46.5 Å². The predicted molar refractivity (Wildman–Crippen MR) is 108 cm³/mol. The summed E-state index contributed by atoms with van der Waals surface area (Å²) in [5.41, 5.74) is 1.62. The van der Waals surface area contributed by atoms with E-state index in [1.54, 1.807) is 27.0 Å². The minimum absolute atomic E-state index is 0.0236. The standard InChI is InChI=1S/C20H27N3O4S/c1-20(2,3)28(25,26)23-17-10-6-15(7-11-17)19(24)22-16-8-4-14(5-9-16)18-12-21-13-27-18/h4-5,8-9,12-13,15,17,23H,6-7,10-11H2,1-3H3,(H,22,24). The lowest BCUT2D eigenvalue weighted by Gasteiger charge is -2.30. The van der Waals surface area contributed by atoms with E-state index in [2.05, 4.69) is 15.0 Å². The van der Waals surface area contributed by atoms with E-state index in [1.165, 1.54) is 6.39 Å². The van der Waals surface area contributed by atoms with Crippen molar-refractivity contribution in [3.8, 4) is 11.3 Å². The molecule has 1 fully saturated rings. The van der Waals surface area contributed by atoms with Crippen LogP contribution in [0, 0.1) is 5.92 Å². The van der Waals surface area contributed by atoms with Gasteiger partial charge in [0.1, 0.15) is 0 Å². The van der Waals surface area contributed by atoms with Gasteiger partial charge >= 0.3 is 0 Å². The molecule has 0 unspecified atom stereocenters. The molecule has 1 saturated carbocycles. The van der Waals surface area contributed by atoms with Crippen LogP contribution < -0.4 is 10.0 Å². The third-order valence-electron chi connectivity index (χ3n) is 5.10. The fraction of sp³-hybridized carbons (Fsp3) is 0.500. The molecule has 1 heterocycles. The molecule has 1 aromatic heterocycles. The van der Waals surface area contributed by atoms with Crippen LogP contribution >= 0.6 is 0 Å². The Bertz CT molecular complexity index is 892. The van der Waals surface area contributed by atoms with E-state index in [0.29, 0.717) is 31.4 Å². The lowest BCUT2D eigenvalue weighted by Crippen LogP contribution is -2.46. The maximum absolute atomic E-state index is 12.6. The van der Waals surface area contributed by atoms with E-state index in [1.807, 2.05) is 24.3 Å². The van der Waals surface area contributed by atoms with Crippen molar-refractivity contribution in [3.05, 3.63) is 36.9 Å². The second kappa shape index (κ2) is 8.05. The van der Waals surface area contributed by atoms with E-state index in [4.69, 9.17) is 4.42 Å². The van der Waals surface area contributed by atoms with Gasteiger partial charge in [-0.25, -0.2) is 18.1 Å². The van der Waals surface area contributed by atoms with Gasteiger partial charge in [-0.2, -0.15) is 0 Å². The van der Waals surface area contributed by atoms with Crippen LogP contribution in [-0.4, -0.2) is 30.1 Å². The summed E-state index contributed by atoms with van der Waals surface area (Å²) in [6.45, 7) is 5.05. The Morgan fingerprint density at radius 2 is 1.75 bits per heavy atom. The van der Waals surface area contributed by atoms with Gasteiger partial charge in [-0.15, -0.1) is 0 Å². The number of carbonyl (C=O) groups is 1. The predicted octanol–water partition coefficient (Wildman–Crippen LogP) is 3.56. The summed E-state index contributed by atoms with van der Waals surface area (Å²) in [7, 11) is -3.37. The van der Waals surface area contributed by atoms with Crippen molar-refractivity contribution < 1.29 is 17.6 Å². The van der Waals surface area contributed by atoms with Gasteiger partial charge < -0.3 is 9.73 Å². The minimum atomic E-state index is -3.37. The first-order valence-electron chi connectivity index (χ1n) is 9.47. The monoisotopic (exact) mass is 405 g/mol. The smallest absolute Gasteiger partial charge is 0.227 e. The maximum Gasteiger partial charge on any atom is 0.227 e. The van der Waals surface area contributed by atoms with Gasteiger partial charge in [-0.05, 0) is 70.7 Å². The van der Waals surface area contributed by atoms with Crippen LogP contribution in [0.25, 0.3) is 11.3 Å². The van der Waals surface area contributed by atoms with Crippen LogP contribution in [0.3, 0.4) is 0 Å². The number of hydrogen-bond acceptors (Lipinski definition) is 5. The number of hydrogen-bond donors (Lipinski definition) is 2. The molecular weight excluding hydrogens is 378 g/mol. The summed E-state index contributed by atoms with van der Waals surface area (Å²) in [4.78, 5) is 16.4. The zero-order valence-electron chi connectivity index (χ0n) is 16.4. The second-order valence-corrected chi connectivity index (χ2v) is 10.7. The molecule has 1 aromatic carbocycles. The minimum Gasteiger partial charge on any atom is -0.444 e. The maximum atomic E-state index is 12.6. The zero-order chi connectivity index (χ0) is 20.4. The van der Waals surface area contributed by atoms with E-state index >= 15 is 0 Å². The van der Waals surface area contributed by atoms with Crippen LogP contribution in [-0.2, 0) is 14.8 Å². The topological polar surface area (TPSA) is 101 Å².